The average Bonchev–Trinajstić information content (AvgIpc) is 2.91. The van der Waals surface area contributed by atoms with Gasteiger partial charge in [-0.3, -0.25) is 0 Å². The van der Waals surface area contributed by atoms with E-state index < -0.39 is 0 Å². The number of ether oxygens (including phenoxy) is 3. The third-order valence-corrected chi connectivity index (χ3v) is 7.46. The highest BCUT2D eigenvalue weighted by molar-refractivity contribution is 5.47. The Kier molecular flexibility index (Phi) is 9.38. The van der Waals surface area contributed by atoms with Crippen LogP contribution in [0.3, 0.4) is 0 Å². The first kappa shape index (κ1) is 31.2. The molecule has 9 heteroatoms. The van der Waals surface area contributed by atoms with Gasteiger partial charge in [0.1, 0.15) is 17.2 Å². The standard InChI is InChI=1S/C33H41N3O6/c1-32(2,3)27-9-23-16-40-14-21-7-20(13-35-36-34)8-22(29(21)37)15-41-17-24-10-28(33(4,5)6)12-26(31(24)39)19-42-18-25(11-27)30(23)38/h7-12,37-39H,13-19H2,1-6H3. The number of phenolic OH excluding ortho intramolecular Hbond substituents is 3. The van der Waals surface area contributed by atoms with Crippen LogP contribution < -0.4 is 0 Å². The van der Waals surface area contributed by atoms with Gasteiger partial charge in [0.05, 0.1) is 46.2 Å². The van der Waals surface area contributed by atoms with E-state index in [1.54, 1.807) is 12.1 Å². The quantitative estimate of drug-likeness (QED) is 0.163. The van der Waals surface area contributed by atoms with E-state index in [2.05, 4.69) is 51.6 Å². The molecule has 6 bridgehead atoms. The van der Waals surface area contributed by atoms with Crippen molar-refractivity contribution in [3.8, 4) is 17.2 Å². The molecule has 9 nitrogen and oxygen atoms in total. The summed E-state index contributed by atoms with van der Waals surface area (Å²) >= 11 is 0. The number of phenols is 3. The van der Waals surface area contributed by atoms with Crippen LogP contribution in [0.25, 0.3) is 10.4 Å². The summed E-state index contributed by atoms with van der Waals surface area (Å²) in [5.41, 5.74) is 14.7. The molecule has 0 unspecified atom stereocenters. The van der Waals surface area contributed by atoms with Gasteiger partial charge in [-0.1, -0.05) is 46.7 Å². The van der Waals surface area contributed by atoms with E-state index in [-0.39, 0.29) is 74.3 Å². The highest BCUT2D eigenvalue weighted by Crippen LogP contribution is 2.36. The number of rotatable bonds is 2. The predicted octanol–water partition coefficient (Wildman–Crippen LogP) is 7.67. The summed E-state index contributed by atoms with van der Waals surface area (Å²) in [6.45, 7) is 13.3. The number of hydrogen-bond acceptors (Lipinski definition) is 7. The van der Waals surface area contributed by atoms with Crippen molar-refractivity contribution in [1.29, 1.82) is 0 Å². The van der Waals surface area contributed by atoms with Crippen LogP contribution in [0.5, 0.6) is 17.2 Å². The first-order valence-corrected chi connectivity index (χ1v) is 14.1. The number of aromatic hydroxyl groups is 3. The lowest BCUT2D eigenvalue weighted by molar-refractivity contribution is 0.0928. The molecule has 0 saturated heterocycles. The molecule has 3 N–H and O–H groups in total. The SMILES string of the molecule is CC(C)(C)c1cc2c(O)c(c1)COCc1cc(C(C)(C)C)cc(c1O)COCc1cc(CN=[N+]=[N-])cc(c1O)COC2. The fourth-order valence-electron chi connectivity index (χ4n) is 4.90. The molecule has 0 atom stereocenters. The molecule has 1 aliphatic rings. The summed E-state index contributed by atoms with van der Waals surface area (Å²) in [7, 11) is 0. The number of fused-ring (bicyclic) bond motifs is 6. The van der Waals surface area contributed by atoms with Crippen molar-refractivity contribution in [2.24, 2.45) is 5.11 Å². The van der Waals surface area contributed by atoms with E-state index in [4.69, 9.17) is 19.7 Å². The topological polar surface area (TPSA) is 137 Å². The first-order valence-electron chi connectivity index (χ1n) is 14.1. The summed E-state index contributed by atoms with van der Waals surface area (Å²) in [5, 5.41) is 37.1. The maximum absolute atomic E-state index is 11.2. The summed E-state index contributed by atoms with van der Waals surface area (Å²) in [6, 6.07) is 11.2. The predicted molar refractivity (Wildman–Crippen MR) is 160 cm³/mol. The van der Waals surface area contributed by atoms with Crippen LogP contribution in [0.2, 0.25) is 0 Å². The zero-order valence-corrected chi connectivity index (χ0v) is 25.3. The van der Waals surface area contributed by atoms with E-state index in [0.717, 1.165) is 11.1 Å². The lowest BCUT2D eigenvalue weighted by Crippen LogP contribution is -2.14. The maximum atomic E-state index is 11.2. The molecule has 0 aliphatic carbocycles. The van der Waals surface area contributed by atoms with E-state index in [1.807, 2.05) is 24.3 Å². The zero-order chi connectivity index (χ0) is 30.7. The summed E-state index contributed by atoms with van der Waals surface area (Å²) < 4.78 is 18.1. The van der Waals surface area contributed by atoms with Gasteiger partial charge in [-0.2, -0.15) is 0 Å². The first-order chi connectivity index (χ1) is 19.8. The molecule has 4 rings (SSSR count). The highest BCUT2D eigenvalue weighted by atomic mass is 16.5. The molecule has 3 aromatic carbocycles. The third kappa shape index (κ3) is 7.36. The van der Waals surface area contributed by atoms with Crippen molar-refractivity contribution >= 4 is 0 Å². The molecule has 1 aliphatic heterocycles. The molecule has 0 saturated carbocycles. The van der Waals surface area contributed by atoms with Crippen LogP contribution in [0, 0.1) is 0 Å². The minimum atomic E-state index is -0.189. The molecule has 0 amide bonds. The molecule has 0 fully saturated rings. The molecule has 224 valence electrons. The van der Waals surface area contributed by atoms with E-state index >= 15 is 0 Å². The Morgan fingerprint density at radius 2 is 0.881 bits per heavy atom. The Bertz CT molecular complexity index is 1400. The molecular formula is C33H41N3O6. The van der Waals surface area contributed by atoms with Gasteiger partial charge in [-0.05, 0) is 69.4 Å². The Hall–Kier alpha value is -3.75. The van der Waals surface area contributed by atoms with Crippen molar-refractivity contribution in [2.75, 3.05) is 0 Å². The lowest BCUT2D eigenvalue weighted by Gasteiger charge is -2.24. The fraction of sp³-hybridized carbons (Fsp3) is 0.455. The maximum Gasteiger partial charge on any atom is 0.126 e. The van der Waals surface area contributed by atoms with Gasteiger partial charge in [-0.25, -0.2) is 0 Å². The van der Waals surface area contributed by atoms with Gasteiger partial charge >= 0.3 is 0 Å². The third-order valence-electron chi connectivity index (χ3n) is 7.46. The molecule has 3 aromatic rings. The molecule has 0 radical (unpaired) electrons. The zero-order valence-electron chi connectivity index (χ0n) is 25.3. The van der Waals surface area contributed by atoms with Crippen LogP contribution in [0.4, 0.5) is 0 Å². The van der Waals surface area contributed by atoms with Crippen LogP contribution in [0.15, 0.2) is 41.5 Å². The van der Waals surface area contributed by atoms with Gasteiger partial charge in [-0.15, -0.1) is 0 Å². The largest absolute Gasteiger partial charge is 0.507 e. The number of hydrogen-bond donors (Lipinski definition) is 3. The van der Waals surface area contributed by atoms with Crippen molar-refractivity contribution < 1.29 is 29.5 Å². The van der Waals surface area contributed by atoms with Crippen LogP contribution >= 0.6 is 0 Å². The Morgan fingerprint density at radius 1 is 0.595 bits per heavy atom. The Morgan fingerprint density at radius 3 is 1.14 bits per heavy atom. The minimum absolute atomic E-state index is 0.0240. The van der Waals surface area contributed by atoms with Crippen molar-refractivity contribution in [3.05, 3.63) is 96.9 Å². The Balaban J connectivity index is 1.81. The van der Waals surface area contributed by atoms with Gasteiger partial charge < -0.3 is 29.5 Å². The highest BCUT2D eigenvalue weighted by Gasteiger charge is 2.22. The van der Waals surface area contributed by atoms with Gasteiger partial charge in [0.2, 0.25) is 0 Å². The molecule has 1 heterocycles. The van der Waals surface area contributed by atoms with Gasteiger partial charge in [0.15, 0.2) is 0 Å². The van der Waals surface area contributed by atoms with E-state index in [1.165, 1.54) is 0 Å². The minimum Gasteiger partial charge on any atom is -0.507 e. The van der Waals surface area contributed by atoms with Crippen LogP contribution in [-0.4, -0.2) is 15.3 Å². The van der Waals surface area contributed by atoms with Crippen molar-refractivity contribution in [1.82, 2.24) is 0 Å². The van der Waals surface area contributed by atoms with Crippen LogP contribution in [-0.2, 0) is 71.2 Å². The van der Waals surface area contributed by atoms with E-state index in [9.17, 15) is 15.3 Å². The van der Waals surface area contributed by atoms with Crippen molar-refractivity contribution in [2.45, 2.75) is 98.6 Å². The summed E-state index contributed by atoms with van der Waals surface area (Å²) in [4.78, 5) is 2.86. The molecule has 0 spiro atoms. The Labute approximate surface area is 247 Å². The normalized spacial score (nSPS) is 14.9. The molecule has 0 aromatic heterocycles. The fourth-order valence-corrected chi connectivity index (χ4v) is 4.90. The average molecular weight is 576 g/mol. The second kappa shape index (κ2) is 12.6. The molecular weight excluding hydrogens is 534 g/mol. The summed E-state index contributed by atoms with van der Waals surface area (Å²) in [5.74, 6) is 0.205. The second-order valence-electron chi connectivity index (χ2n) is 12.9. The number of nitrogens with zero attached hydrogens (tertiary/aromatic N) is 3. The van der Waals surface area contributed by atoms with E-state index in [0.29, 0.717) is 38.9 Å². The number of benzene rings is 3. The smallest absolute Gasteiger partial charge is 0.126 e. The monoisotopic (exact) mass is 575 g/mol. The lowest BCUT2D eigenvalue weighted by atomic mass is 9.84. The number of azide groups is 1. The van der Waals surface area contributed by atoms with Gasteiger partial charge in [0, 0.05) is 38.3 Å². The second-order valence-corrected chi connectivity index (χ2v) is 12.9. The van der Waals surface area contributed by atoms with Gasteiger partial charge in [0.25, 0.3) is 0 Å². The summed E-state index contributed by atoms with van der Waals surface area (Å²) in [6.07, 6.45) is 0. The van der Waals surface area contributed by atoms with Crippen molar-refractivity contribution in [3.63, 3.8) is 0 Å². The molecule has 42 heavy (non-hydrogen) atoms. The van der Waals surface area contributed by atoms with Crippen LogP contribution in [0.1, 0.15) is 91.6 Å².